The lowest BCUT2D eigenvalue weighted by Gasteiger charge is -2.19. The number of ether oxygens (including phenoxy) is 1. The number of aryl methyl sites for hydroxylation is 1. The van der Waals surface area contributed by atoms with Crippen molar-refractivity contribution in [2.45, 2.75) is 20.0 Å². The molecule has 1 aromatic carbocycles. The first kappa shape index (κ1) is 12.2. The summed E-state index contributed by atoms with van der Waals surface area (Å²) >= 11 is 0. The van der Waals surface area contributed by atoms with Crippen molar-refractivity contribution < 1.29 is 14.3 Å². The summed E-state index contributed by atoms with van der Waals surface area (Å²) < 4.78 is 4.94. The highest BCUT2D eigenvalue weighted by atomic mass is 16.6. The topological polar surface area (TPSA) is 69.4 Å². The van der Waals surface area contributed by atoms with Crippen molar-refractivity contribution in [1.82, 2.24) is 0 Å². The maximum Gasteiger partial charge on any atom is 0.405 e. The number of hydrogen-bond donors (Lipinski definition) is 1. The molecular formula is C12H15NO3. The molecule has 0 aliphatic rings. The summed E-state index contributed by atoms with van der Waals surface area (Å²) in [7, 11) is 0. The van der Waals surface area contributed by atoms with E-state index in [-0.39, 0.29) is 0 Å². The van der Waals surface area contributed by atoms with E-state index >= 15 is 0 Å². The Morgan fingerprint density at radius 1 is 1.38 bits per heavy atom. The third-order valence-electron chi connectivity index (χ3n) is 2.34. The average Bonchev–Trinajstić information content (AvgIpc) is 2.26. The smallest absolute Gasteiger partial charge is 0.405 e. The minimum atomic E-state index is -0.876. The molecule has 0 saturated carbocycles. The second kappa shape index (κ2) is 5.30. The summed E-state index contributed by atoms with van der Waals surface area (Å²) in [4.78, 5) is 21.5. The lowest BCUT2D eigenvalue weighted by atomic mass is 9.98. The molecule has 86 valence electrons. The van der Waals surface area contributed by atoms with Gasteiger partial charge in [-0.25, -0.2) is 4.79 Å². The molecular weight excluding hydrogens is 206 g/mol. The second-order valence-corrected chi connectivity index (χ2v) is 3.76. The predicted molar refractivity (Wildman–Crippen MR) is 59.8 cm³/mol. The lowest BCUT2D eigenvalue weighted by Crippen LogP contribution is -2.22. The molecule has 0 unspecified atom stereocenters. The Kier molecular flexibility index (Phi) is 4.05. The first-order valence-electron chi connectivity index (χ1n) is 5.02. The highest BCUT2D eigenvalue weighted by molar-refractivity contribution is 5.66. The maximum absolute atomic E-state index is 10.8. The fourth-order valence-electron chi connectivity index (χ4n) is 1.43. The minimum Gasteiger partial charge on any atom is -0.441 e. The molecule has 2 N–H and O–H groups in total. The number of amides is 1. The van der Waals surface area contributed by atoms with Crippen LogP contribution >= 0.6 is 0 Å². The van der Waals surface area contributed by atoms with Crippen molar-refractivity contribution in [3.8, 4) is 0 Å². The van der Waals surface area contributed by atoms with Crippen LogP contribution in [0.2, 0.25) is 0 Å². The molecule has 0 bridgehead atoms. The third-order valence-corrected chi connectivity index (χ3v) is 2.34. The van der Waals surface area contributed by atoms with Gasteiger partial charge in [0.15, 0.2) is 0 Å². The highest BCUT2D eigenvalue weighted by Gasteiger charge is 2.22. The molecule has 16 heavy (non-hydrogen) atoms. The van der Waals surface area contributed by atoms with Crippen LogP contribution < -0.4 is 5.73 Å². The summed E-state index contributed by atoms with van der Waals surface area (Å²) in [5.74, 6) is -0.421. The van der Waals surface area contributed by atoms with Crippen LogP contribution in [-0.4, -0.2) is 12.4 Å². The standard InChI is InChI=1S/C12H15NO3/c1-8-3-5-10(6-4-8)11(9(2)7-14)16-12(13)15/h3-7,9,11H,1-2H3,(H2,13,15)/t9-,11+/m1/s1. The van der Waals surface area contributed by atoms with Crippen LogP contribution in [0.5, 0.6) is 0 Å². The predicted octanol–water partition coefficient (Wildman–Crippen LogP) is 1.97. The molecule has 4 heteroatoms. The van der Waals surface area contributed by atoms with Gasteiger partial charge >= 0.3 is 6.09 Å². The van der Waals surface area contributed by atoms with Crippen molar-refractivity contribution in [2.75, 3.05) is 0 Å². The van der Waals surface area contributed by atoms with Crippen LogP contribution in [0.1, 0.15) is 24.2 Å². The van der Waals surface area contributed by atoms with Gasteiger partial charge < -0.3 is 15.3 Å². The zero-order valence-electron chi connectivity index (χ0n) is 9.34. The number of benzene rings is 1. The Morgan fingerprint density at radius 3 is 2.38 bits per heavy atom. The summed E-state index contributed by atoms with van der Waals surface area (Å²) in [5, 5.41) is 0. The molecule has 0 fully saturated rings. The number of rotatable bonds is 4. The number of carbonyl (C=O) groups is 2. The van der Waals surface area contributed by atoms with E-state index in [2.05, 4.69) is 0 Å². The Labute approximate surface area is 94.4 Å². The van der Waals surface area contributed by atoms with Gasteiger partial charge in [-0.3, -0.25) is 0 Å². The number of primary amides is 1. The van der Waals surface area contributed by atoms with Gasteiger partial charge in [0.1, 0.15) is 12.4 Å². The Bertz CT molecular complexity index is 372. The van der Waals surface area contributed by atoms with Gasteiger partial charge in [-0.2, -0.15) is 0 Å². The molecule has 4 nitrogen and oxygen atoms in total. The average molecular weight is 221 g/mol. The van der Waals surface area contributed by atoms with Crippen molar-refractivity contribution in [3.05, 3.63) is 35.4 Å². The molecule has 0 heterocycles. The van der Waals surface area contributed by atoms with Crippen LogP contribution in [-0.2, 0) is 9.53 Å². The lowest BCUT2D eigenvalue weighted by molar-refractivity contribution is -0.113. The van der Waals surface area contributed by atoms with Crippen molar-refractivity contribution in [2.24, 2.45) is 11.7 Å². The molecule has 0 aliphatic heterocycles. The van der Waals surface area contributed by atoms with E-state index in [9.17, 15) is 9.59 Å². The molecule has 0 radical (unpaired) electrons. The highest BCUT2D eigenvalue weighted by Crippen LogP contribution is 2.25. The largest absolute Gasteiger partial charge is 0.441 e. The normalized spacial score (nSPS) is 13.9. The number of aldehydes is 1. The van der Waals surface area contributed by atoms with Gasteiger partial charge in [-0.15, -0.1) is 0 Å². The summed E-state index contributed by atoms with van der Waals surface area (Å²) in [6, 6.07) is 7.43. The van der Waals surface area contributed by atoms with Crippen molar-refractivity contribution >= 4 is 12.4 Å². The summed E-state index contributed by atoms with van der Waals surface area (Å²) in [5.41, 5.74) is 6.84. The van der Waals surface area contributed by atoms with Gasteiger partial charge in [0, 0.05) is 0 Å². The van der Waals surface area contributed by atoms with Gasteiger partial charge in [0.05, 0.1) is 5.92 Å². The number of nitrogens with two attached hydrogens (primary N) is 1. The number of carbonyl (C=O) groups excluding carboxylic acids is 2. The van der Waals surface area contributed by atoms with Gasteiger partial charge in [0.2, 0.25) is 0 Å². The van der Waals surface area contributed by atoms with Crippen LogP contribution in [0.4, 0.5) is 4.79 Å². The fraction of sp³-hybridized carbons (Fsp3) is 0.333. The number of hydrogen-bond acceptors (Lipinski definition) is 3. The maximum atomic E-state index is 10.8. The van der Waals surface area contributed by atoms with Crippen LogP contribution in [0.15, 0.2) is 24.3 Å². The molecule has 2 atom stereocenters. The van der Waals surface area contributed by atoms with E-state index in [0.29, 0.717) is 0 Å². The van der Waals surface area contributed by atoms with E-state index in [0.717, 1.165) is 17.4 Å². The van der Waals surface area contributed by atoms with Crippen molar-refractivity contribution in [3.63, 3.8) is 0 Å². The molecule has 1 aromatic rings. The first-order valence-corrected chi connectivity index (χ1v) is 5.02. The first-order chi connectivity index (χ1) is 7.54. The molecule has 0 aliphatic carbocycles. The van der Waals surface area contributed by atoms with Crippen LogP contribution in [0.3, 0.4) is 0 Å². The van der Waals surface area contributed by atoms with E-state index in [1.54, 1.807) is 6.92 Å². The van der Waals surface area contributed by atoms with Crippen molar-refractivity contribution in [1.29, 1.82) is 0 Å². The SMILES string of the molecule is Cc1ccc([C@@H](OC(N)=O)[C@H](C)C=O)cc1. The van der Waals surface area contributed by atoms with E-state index in [4.69, 9.17) is 10.5 Å². The van der Waals surface area contributed by atoms with E-state index < -0.39 is 18.1 Å². The zero-order valence-corrected chi connectivity index (χ0v) is 9.34. The molecule has 0 aromatic heterocycles. The quantitative estimate of drug-likeness (QED) is 0.790. The molecule has 1 rings (SSSR count). The van der Waals surface area contributed by atoms with Crippen LogP contribution in [0.25, 0.3) is 0 Å². The summed E-state index contributed by atoms with van der Waals surface area (Å²) in [6.07, 6.45) is -0.747. The van der Waals surface area contributed by atoms with E-state index in [1.165, 1.54) is 0 Å². The van der Waals surface area contributed by atoms with Gasteiger partial charge in [-0.05, 0) is 12.5 Å². The van der Waals surface area contributed by atoms with E-state index in [1.807, 2.05) is 31.2 Å². The monoisotopic (exact) mass is 221 g/mol. The third kappa shape index (κ3) is 3.08. The molecule has 0 saturated heterocycles. The summed E-state index contributed by atoms with van der Waals surface area (Å²) in [6.45, 7) is 3.64. The van der Waals surface area contributed by atoms with Gasteiger partial charge in [-0.1, -0.05) is 36.8 Å². The fourth-order valence-corrected chi connectivity index (χ4v) is 1.43. The van der Waals surface area contributed by atoms with Gasteiger partial charge in [0.25, 0.3) is 0 Å². The Hall–Kier alpha value is -1.84. The Morgan fingerprint density at radius 2 is 1.94 bits per heavy atom. The Balaban J connectivity index is 2.95. The molecule has 1 amide bonds. The molecule has 0 spiro atoms. The second-order valence-electron chi connectivity index (χ2n) is 3.76. The minimum absolute atomic E-state index is 0.421. The van der Waals surface area contributed by atoms with Crippen LogP contribution in [0, 0.1) is 12.8 Å². The zero-order chi connectivity index (χ0) is 12.1.